The van der Waals surface area contributed by atoms with E-state index < -0.39 is 0 Å². The van der Waals surface area contributed by atoms with Crippen LogP contribution in [0.4, 0.5) is 0 Å². The SMILES string of the molecule is CC(C)C(=O)CSCc1ccccc1. The molecular weight excluding hydrogens is 192 g/mol. The number of carbonyl (C=O) groups excluding carboxylic acids is 1. The smallest absolute Gasteiger partial charge is 0.145 e. The van der Waals surface area contributed by atoms with Crippen molar-refractivity contribution < 1.29 is 4.79 Å². The first-order chi connectivity index (χ1) is 6.70. The maximum Gasteiger partial charge on any atom is 0.145 e. The van der Waals surface area contributed by atoms with Gasteiger partial charge in [0.15, 0.2) is 0 Å². The number of thioether (sulfide) groups is 1. The summed E-state index contributed by atoms with van der Waals surface area (Å²) >= 11 is 1.69. The molecule has 0 aromatic heterocycles. The van der Waals surface area contributed by atoms with Gasteiger partial charge in [0.05, 0.1) is 5.75 Å². The minimum atomic E-state index is 0.165. The van der Waals surface area contributed by atoms with Gasteiger partial charge in [-0.05, 0) is 5.56 Å². The molecule has 0 aliphatic heterocycles. The van der Waals surface area contributed by atoms with Gasteiger partial charge in [0.25, 0.3) is 0 Å². The molecular formula is C12H16OS. The van der Waals surface area contributed by atoms with Crippen LogP contribution in [0.25, 0.3) is 0 Å². The Kier molecular flexibility index (Phi) is 4.74. The van der Waals surface area contributed by atoms with Crippen LogP contribution in [0, 0.1) is 5.92 Å². The summed E-state index contributed by atoms with van der Waals surface area (Å²) in [6.07, 6.45) is 0. The van der Waals surface area contributed by atoms with Crippen LogP contribution >= 0.6 is 11.8 Å². The Bertz CT molecular complexity index is 280. The number of Topliss-reactive ketones (excluding diaryl/α,β-unsaturated/α-hetero) is 1. The molecule has 0 radical (unpaired) electrons. The highest BCUT2D eigenvalue weighted by atomic mass is 32.2. The third kappa shape index (κ3) is 3.97. The van der Waals surface area contributed by atoms with Gasteiger partial charge in [-0.25, -0.2) is 0 Å². The van der Waals surface area contributed by atoms with Crippen LogP contribution in [0.3, 0.4) is 0 Å². The molecule has 76 valence electrons. The summed E-state index contributed by atoms with van der Waals surface area (Å²) < 4.78 is 0. The first kappa shape index (κ1) is 11.3. The zero-order chi connectivity index (χ0) is 10.4. The molecule has 1 nitrogen and oxygen atoms in total. The van der Waals surface area contributed by atoms with Gasteiger partial charge in [-0.1, -0.05) is 44.2 Å². The van der Waals surface area contributed by atoms with Crippen LogP contribution in [0.5, 0.6) is 0 Å². The van der Waals surface area contributed by atoms with Crippen LogP contribution in [-0.2, 0) is 10.5 Å². The molecule has 0 aliphatic carbocycles. The van der Waals surface area contributed by atoms with Crippen LogP contribution < -0.4 is 0 Å². The van der Waals surface area contributed by atoms with E-state index in [0.717, 1.165) is 5.75 Å². The van der Waals surface area contributed by atoms with E-state index in [9.17, 15) is 4.79 Å². The molecule has 14 heavy (non-hydrogen) atoms. The lowest BCUT2D eigenvalue weighted by Crippen LogP contribution is -2.09. The van der Waals surface area contributed by atoms with E-state index in [-0.39, 0.29) is 5.92 Å². The molecule has 0 unspecified atom stereocenters. The van der Waals surface area contributed by atoms with Crippen molar-refractivity contribution in [3.63, 3.8) is 0 Å². The van der Waals surface area contributed by atoms with Gasteiger partial charge in [-0.3, -0.25) is 4.79 Å². The van der Waals surface area contributed by atoms with Gasteiger partial charge in [-0.15, -0.1) is 11.8 Å². The molecule has 0 fully saturated rings. The van der Waals surface area contributed by atoms with E-state index in [1.165, 1.54) is 5.56 Å². The number of carbonyl (C=O) groups is 1. The standard InChI is InChI=1S/C12H16OS/c1-10(2)12(13)9-14-8-11-6-4-3-5-7-11/h3-7,10H,8-9H2,1-2H3. The lowest BCUT2D eigenvalue weighted by molar-refractivity contribution is -0.119. The van der Waals surface area contributed by atoms with Crippen molar-refractivity contribution in [3.05, 3.63) is 35.9 Å². The van der Waals surface area contributed by atoms with Crippen molar-refractivity contribution in [2.45, 2.75) is 19.6 Å². The normalized spacial score (nSPS) is 10.5. The molecule has 0 saturated carbocycles. The lowest BCUT2D eigenvalue weighted by Gasteiger charge is -2.03. The van der Waals surface area contributed by atoms with Crippen molar-refractivity contribution in [1.29, 1.82) is 0 Å². The largest absolute Gasteiger partial charge is 0.298 e. The average Bonchev–Trinajstić information content (AvgIpc) is 2.19. The second-order valence-electron chi connectivity index (χ2n) is 3.60. The highest BCUT2D eigenvalue weighted by Crippen LogP contribution is 2.13. The quantitative estimate of drug-likeness (QED) is 0.739. The number of rotatable bonds is 5. The first-order valence-corrected chi connectivity index (χ1v) is 6.00. The molecule has 1 rings (SSSR count). The maximum atomic E-state index is 11.3. The summed E-state index contributed by atoms with van der Waals surface area (Å²) in [5, 5.41) is 0. The highest BCUT2D eigenvalue weighted by molar-refractivity contribution is 7.99. The van der Waals surface area contributed by atoms with Crippen LogP contribution in [-0.4, -0.2) is 11.5 Å². The van der Waals surface area contributed by atoms with Gasteiger partial charge in [0, 0.05) is 11.7 Å². The number of hydrogen-bond donors (Lipinski definition) is 0. The molecule has 0 bridgehead atoms. The molecule has 0 N–H and O–H groups in total. The van der Waals surface area contributed by atoms with Gasteiger partial charge in [-0.2, -0.15) is 0 Å². The van der Waals surface area contributed by atoms with Gasteiger partial charge in [0.2, 0.25) is 0 Å². The zero-order valence-electron chi connectivity index (χ0n) is 8.69. The molecule has 0 aliphatic rings. The Labute approximate surface area is 89.9 Å². The minimum Gasteiger partial charge on any atom is -0.298 e. The molecule has 0 spiro atoms. The highest BCUT2D eigenvalue weighted by Gasteiger charge is 2.06. The number of hydrogen-bond acceptors (Lipinski definition) is 2. The second-order valence-corrected chi connectivity index (χ2v) is 4.59. The summed E-state index contributed by atoms with van der Waals surface area (Å²) in [6.45, 7) is 3.90. The Balaban J connectivity index is 2.26. The zero-order valence-corrected chi connectivity index (χ0v) is 9.51. The average molecular weight is 208 g/mol. The lowest BCUT2D eigenvalue weighted by atomic mass is 10.1. The summed E-state index contributed by atoms with van der Waals surface area (Å²) in [4.78, 5) is 11.3. The fourth-order valence-electron chi connectivity index (χ4n) is 1.01. The third-order valence-corrected chi connectivity index (χ3v) is 3.03. The summed E-state index contributed by atoms with van der Waals surface area (Å²) in [5.74, 6) is 2.07. The minimum absolute atomic E-state index is 0.165. The fraction of sp³-hybridized carbons (Fsp3) is 0.417. The number of ketones is 1. The summed E-state index contributed by atoms with van der Waals surface area (Å²) in [5.41, 5.74) is 1.29. The van der Waals surface area contributed by atoms with Crippen LogP contribution in [0.15, 0.2) is 30.3 Å². The van der Waals surface area contributed by atoms with Crippen LogP contribution in [0.2, 0.25) is 0 Å². The van der Waals surface area contributed by atoms with Gasteiger partial charge < -0.3 is 0 Å². The van der Waals surface area contributed by atoms with E-state index in [4.69, 9.17) is 0 Å². The molecule has 0 atom stereocenters. The number of benzene rings is 1. The van der Waals surface area contributed by atoms with Crippen molar-refractivity contribution in [2.75, 3.05) is 5.75 Å². The molecule has 0 amide bonds. The van der Waals surface area contributed by atoms with E-state index >= 15 is 0 Å². The maximum absolute atomic E-state index is 11.3. The molecule has 1 aromatic rings. The summed E-state index contributed by atoms with van der Waals surface area (Å²) in [7, 11) is 0. The molecule has 0 heterocycles. The third-order valence-electron chi connectivity index (χ3n) is 2.00. The summed E-state index contributed by atoms with van der Waals surface area (Å²) in [6, 6.07) is 10.2. The Morgan fingerprint density at radius 2 is 1.93 bits per heavy atom. The van der Waals surface area contributed by atoms with Crippen LogP contribution in [0.1, 0.15) is 19.4 Å². The van der Waals surface area contributed by atoms with E-state index in [1.807, 2.05) is 32.0 Å². The first-order valence-electron chi connectivity index (χ1n) is 4.84. The monoisotopic (exact) mass is 208 g/mol. The second kappa shape index (κ2) is 5.86. The van der Waals surface area contributed by atoms with Crippen molar-refractivity contribution >= 4 is 17.5 Å². The topological polar surface area (TPSA) is 17.1 Å². The Hall–Kier alpha value is -0.760. The Morgan fingerprint density at radius 1 is 1.29 bits per heavy atom. The van der Waals surface area contributed by atoms with Crippen molar-refractivity contribution in [1.82, 2.24) is 0 Å². The van der Waals surface area contributed by atoms with E-state index in [2.05, 4.69) is 12.1 Å². The van der Waals surface area contributed by atoms with E-state index in [0.29, 0.717) is 11.5 Å². The molecule has 1 aromatic carbocycles. The molecule has 0 saturated heterocycles. The van der Waals surface area contributed by atoms with Crippen molar-refractivity contribution in [2.24, 2.45) is 5.92 Å². The fourth-order valence-corrected chi connectivity index (χ4v) is 2.08. The molecule has 2 heteroatoms. The predicted octanol–water partition coefficient (Wildman–Crippen LogP) is 3.14. The van der Waals surface area contributed by atoms with E-state index in [1.54, 1.807) is 11.8 Å². The van der Waals surface area contributed by atoms with Gasteiger partial charge >= 0.3 is 0 Å². The predicted molar refractivity (Wildman–Crippen MR) is 62.4 cm³/mol. The Morgan fingerprint density at radius 3 is 2.50 bits per heavy atom. The van der Waals surface area contributed by atoms with Gasteiger partial charge in [0.1, 0.15) is 5.78 Å². The van der Waals surface area contributed by atoms with Crippen molar-refractivity contribution in [3.8, 4) is 0 Å².